The van der Waals surface area contributed by atoms with Gasteiger partial charge in [-0.05, 0) is 75.8 Å². The van der Waals surface area contributed by atoms with Gasteiger partial charge < -0.3 is 4.98 Å². The second-order valence-electron chi connectivity index (χ2n) is 10.1. The van der Waals surface area contributed by atoms with Gasteiger partial charge in [0.1, 0.15) is 11.9 Å². The molecule has 0 saturated heterocycles. The normalized spacial score (nSPS) is 12.2. The molecule has 0 amide bonds. The SMILES string of the molecule is Cc1ccc2[nH]c(=O)c(C(c3nnnn3Cc3ccc(F)cc3)N(Cc3ccccc3)Cc3cccnc3)cc2c1. The summed E-state index contributed by atoms with van der Waals surface area (Å²) >= 11 is 0. The van der Waals surface area contributed by atoms with Crippen molar-refractivity contribution < 1.29 is 4.39 Å². The van der Waals surface area contributed by atoms with E-state index >= 15 is 0 Å². The van der Waals surface area contributed by atoms with Crippen molar-refractivity contribution in [2.45, 2.75) is 32.6 Å². The first-order chi connectivity index (χ1) is 20.0. The van der Waals surface area contributed by atoms with Crippen molar-refractivity contribution in [2.75, 3.05) is 0 Å². The highest BCUT2D eigenvalue weighted by Crippen LogP contribution is 2.30. The summed E-state index contributed by atoms with van der Waals surface area (Å²) in [5.41, 5.74) is 5.06. The van der Waals surface area contributed by atoms with Gasteiger partial charge in [0, 0.05) is 36.6 Å². The van der Waals surface area contributed by atoms with E-state index in [1.54, 1.807) is 23.0 Å². The van der Waals surface area contributed by atoms with Gasteiger partial charge in [-0.25, -0.2) is 9.07 Å². The van der Waals surface area contributed by atoms with E-state index < -0.39 is 6.04 Å². The van der Waals surface area contributed by atoms with Crippen molar-refractivity contribution in [3.05, 3.63) is 153 Å². The van der Waals surface area contributed by atoms with Crippen molar-refractivity contribution in [1.82, 2.24) is 35.1 Å². The average Bonchev–Trinajstić information content (AvgIpc) is 3.43. The lowest BCUT2D eigenvalue weighted by Gasteiger charge is -2.31. The molecular formula is C32H28FN7O. The van der Waals surface area contributed by atoms with Gasteiger partial charge in [0.05, 0.1) is 6.54 Å². The van der Waals surface area contributed by atoms with Gasteiger partial charge in [0.2, 0.25) is 0 Å². The molecule has 1 atom stereocenters. The van der Waals surface area contributed by atoms with E-state index in [-0.39, 0.29) is 11.4 Å². The number of aromatic nitrogens is 6. The van der Waals surface area contributed by atoms with Crippen LogP contribution in [0.1, 0.15) is 39.7 Å². The van der Waals surface area contributed by atoms with Crippen LogP contribution in [0.15, 0.2) is 108 Å². The third-order valence-corrected chi connectivity index (χ3v) is 7.07. The van der Waals surface area contributed by atoms with Gasteiger partial charge in [-0.15, -0.1) is 5.10 Å². The average molecular weight is 546 g/mol. The highest BCUT2D eigenvalue weighted by Gasteiger charge is 2.31. The van der Waals surface area contributed by atoms with Crippen molar-refractivity contribution in [3.8, 4) is 0 Å². The van der Waals surface area contributed by atoms with E-state index in [9.17, 15) is 9.18 Å². The van der Waals surface area contributed by atoms with Gasteiger partial charge in [0.15, 0.2) is 5.82 Å². The Morgan fingerprint density at radius 1 is 0.902 bits per heavy atom. The number of aromatic amines is 1. The fourth-order valence-corrected chi connectivity index (χ4v) is 5.11. The Kier molecular flexibility index (Phi) is 7.42. The molecule has 9 heteroatoms. The summed E-state index contributed by atoms with van der Waals surface area (Å²) in [5.74, 6) is 0.193. The summed E-state index contributed by atoms with van der Waals surface area (Å²) in [7, 11) is 0. The summed E-state index contributed by atoms with van der Waals surface area (Å²) in [5, 5.41) is 13.7. The van der Waals surface area contributed by atoms with E-state index in [1.165, 1.54) is 12.1 Å². The standard InChI is InChI=1S/C32H28FN7O/c1-22-9-14-29-26(16-22)17-28(32(41)35-29)30(31-36-37-38-40(31)21-24-10-12-27(33)13-11-24)39(19-23-6-3-2-4-7-23)20-25-8-5-15-34-18-25/h2-18,30H,19-21H2,1H3,(H,35,41). The number of aryl methyl sites for hydroxylation is 1. The van der Waals surface area contributed by atoms with Crippen LogP contribution in [0.4, 0.5) is 4.39 Å². The lowest BCUT2D eigenvalue weighted by atomic mass is 10.0. The molecule has 1 N–H and O–H groups in total. The number of nitrogens with zero attached hydrogens (tertiary/aromatic N) is 6. The number of hydrogen-bond donors (Lipinski definition) is 1. The van der Waals surface area contributed by atoms with E-state index in [1.807, 2.05) is 61.7 Å². The van der Waals surface area contributed by atoms with Crippen LogP contribution in [-0.4, -0.2) is 35.1 Å². The fraction of sp³-hybridized carbons (Fsp3) is 0.156. The number of tetrazole rings is 1. The Morgan fingerprint density at radius 2 is 1.68 bits per heavy atom. The van der Waals surface area contributed by atoms with Crippen molar-refractivity contribution in [2.24, 2.45) is 0 Å². The predicted molar refractivity (Wildman–Crippen MR) is 154 cm³/mol. The Morgan fingerprint density at radius 3 is 2.46 bits per heavy atom. The molecule has 3 aromatic carbocycles. The minimum absolute atomic E-state index is 0.216. The molecule has 8 nitrogen and oxygen atoms in total. The second-order valence-corrected chi connectivity index (χ2v) is 10.1. The van der Waals surface area contributed by atoms with Crippen LogP contribution >= 0.6 is 0 Å². The van der Waals surface area contributed by atoms with Crippen molar-refractivity contribution >= 4 is 10.9 Å². The Balaban J connectivity index is 1.52. The van der Waals surface area contributed by atoms with Crippen LogP contribution in [0.5, 0.6) is 0 Å². The third kappa shape index (κ3) is 5.95. The lowest BCUT2D eigenvalue weighted by Crippen LogP contribution is -2.35. The second kappa shape index (κ2) is 11.6. The fourth-order valence-electron chi connectivity index (χ4n) is 5.11. The number of nitrogens with one attached hydrogen (secondary N) is 1. The molecule has 3 aromatic heterocycles. The number of rotatable bonds is 9. The van der Waals surface area contributed by atoms with Gasteiger partial charge >= 0.3 is 0 Å². The maximum Gasteiger partial charge on any atom is 0.253 e. The monoisotopic (exact) mass is 545 g/mol. The third-order valence-electron chi connectivity index (χ3n) is 7.07. The molecule has 6 rings (SSSR count). The number of hydrogen-bond acceptors (Lipinski definition) is 6. The summed E-state index contributed by atoms with van der Waals surface area (Å²) in [6.45, 7) is 3.35. The zero-order valence-corrected chi connectivity index (χ0v) is 22.5. The Bertz CT molecular complexity index is 1780. The molecule has 0 radical (unpaired) electrons. The van der Waals surface area contributed by atoms with E-state index in [2.05, 4.69) is 48.6 Å². The number of pyridine rings is 2. The minimum atomic E-state index is -0.612. The summed E-state index contributed by atoms with van der Waals surface area (Å²) < 4.78 is 15.3. The first kappa shape index (κ1) is 26.2. The Labute approximate surface area is 236 Å². The van der Waals surface area contributed by atoms with Crippen LogP contribution in [0.3, 0.4) is 0 Å². The van der Waals surface area contributed by atoms with Gasteiger partial charge in [0.25, 0.3) is 5.56 Å². The van der Waals surface area contributed by atoms with Crippen molar-refractivity contribution in [3.63, 3.8) is 0 Å². The molecule has 0 aliphatic rings. The number of benzene rings is 3. The highest BCUT2D eigenvalue weighted by molar-refractivity contribution is 5.79. The number of halogens is 1. The molecule has 1 unspecified atom stereocenters. The van der Waals surface area contributed by atoms with E-state index in [0.29, 0.717) is 31.0 Å². The number of fused-ring (bicyclic) bond motifs is 1. The summed E-state index contributed by atoms with van der Waals surface area (Å²) in [6.07, 6.45) is 3.56. The Hall–Kier alpha value is -5.02. The van der Waals surface area contributed by atoms with Crippen molar-refractivity contribution in [1.29, 1.82) is 0 Å². The highest BCUT2D eigenvalue weighted by atomic mass is 19.1. The first-order valence-corrected chi connectivity index (χ1v) is 13.3. The summed E-state index contributed by atoms with van der Waals surface area (Å²) in [4.78, 5) is 23.3. The molecule has 3 heterocycles. The lowest BCUT2D eigenvalue weighted by molar-refractivity contribution is 0.194. The van der Waals surface area contributed by atoms with Crippen LogP contribution in [0.2, 0.25) is 0 Å². The topological polar surface area (TPSA) is 92.6 Å². The molecule has 0 aliphatic carbocycles. The number of H-pyrrole nitrogens is 1. The van der Waals surface area contributed by atoms with E-state index in [0.717, 1.165) is 33.2 Å². The zero-order chi connectivity index (χ0) is 28.2. The minimum Gasteiger partial charge on any atom is -0.322 e. The maximum absolute atomic E-state index is 13.8. The van der Waals surface area contributed by atoms with Crippen LogP contribution in [0, 0.1) is 12.7 Å². The van der Waals surface area contributed by atoms with E-state index in [4.69, 9.17) is 0 Å². The van der Waals surface area contributed by atoms with Crippen LogP contribution in [0.25, 0.3) is 10.9 Å². The molecule has 0 bridgehead atoms. The van der Waals surface area contributed by atoms with Gasteiger partial charge in [-0.2, -0.15) is 0 Å². The molecule has 41 heavy (non-hydrogen) atoms. The quantitative estimate of drug-likeness (QED) is 0.269. The molecular weight excluding hydrogens is 517 g/mol. The molecule has 204 valence electrons. The van der Waals surface area contributed by atoms with Crippen LogP contribution < -0.4 is 5.56 Å². The molecule has 0 spiro atoms. The first-order valence-electron chi connectivity index (χ1n) is 13.3. The summed E-state index contributed by atoms with van der Waals surface area (Å²) in [6, 6.07) is 27.5. The largest absolute Gasteiger partial charge is 0.322 e. The molecule has 0 aliphatic heterocycles. The molecule has 0 fully saturated rings. The van der Waals surface area contributed by atoms with Gasteiger partial charge in [-0.3, -0.25) is 14.7 Å². The zero-order valence-electron chi connectivity index (χ0n) is 22.5. The molecule has 0 saturated carbocycles. The molecule has 6 aromatic rings. The maximum atomic E-state index is 13.8. The predicted octanol–water partition coefficient (Wildman–Crippen LogP) is 5.20. The van der Waals surface area contributed by atoms with Gasteiger partial charge in [-0.1, -0.05) is 60.2 Å². The smallest absolute Gasteiger partial charge is 0.253 e. The van der Waals surface area contributed by atoms with Crippen LogP contribution in [-0.2, 0) is 19.6 Å².